The number of pyridine rings is 1. The largest absolute Gasteiger partial charge is 0.395 e. The number of rotatable bonds is 6. The molecule has 17 heavy (non-hydrogen) atoms. The van der Waals surface area contributed by atoms with Gasteiger partial charge in [-0.3, -0.25) is 0 Å². The van der Waals surface area contributed by atoms with Crippen molar-refractivity contribution in [2.45, 2.75) is 19.4 Å². The van der Waals surface area contributed by atoms with Crippen LogP contribution in [0.2, 0.25) is 0 Å². The summed E-state index contributed by atoms with van der Waals surface area (Å²) in [5, 5.41) is 8.82. The van der Waals surface area contributed by atoms with Crippen LogP contribution in [0.1, 0.15) is 18.5 Å². The van der Waals surface area contributed by atoms with Gasteiger partial charge >= 0.3 is 0 Å². The van der Waals surface area contributed by atoms with E-state index in [4.69, 9.17) is 10.8 Å². The summed E-state index contributed by atoms with van der Waals surface area (Å²) in [7, 11) is 0. The molecule has 0 aliphatic rings. The Labute approximate surface area is 99.1 Å². The molecule has 0 aliphatic carbocycles. The van der Waals surface area contributed by atoms with Crippen LogP contribution < -0.4 is 10.6 Å². The molecule has 4 nitrogen and oxygen atoms in total. The van der Waals surface area contributed by atoms with Crippen molar-refractivity contribution in [3.05, 3.63) is 23.9 Å². The lowest BCUT2D eigenvalue weighted by Gasteiger charge is -2.22. The van der Waals surface area contributed by atoms with E-state index >= 15 is 0 Å². The van der Waals surface area contributed by atoms with Crippen molar-refractivity contribution in [3.63, 3.8) is 0 Å². The third-order valence-corrected chi connectivity index (χ3v) is 2.35. The van der Waals surface area contributed by atoms with E-state index in [-0.39, 0.29) is 19.2 Å². The van der Waals surface area contributed by atoms with Gasteiger partial charge in [0, 0.05) is 18.8 Å². The van der Waals surface area contributed by atoms with Crippen LogP contribution in [0.3, 0.4) is 0 Å². The Bertz CT molecular complexity index is 330. The Kier molecular flexibility index (Phi) is 5.24. The number of hydrogen-bond acceptors (Lipinski definition) is 4. The first kappa shape index (κ1) is 13.8. The average Bonchev–Trinajstić information content (AvgIpc) is 2.28. The van der Waals surface area contributed by atoms with E-state index in [2.05, 4.69) is 4.98 Å². The van der Waals surface area contributed by atoms with Gasteiger partial charge in [0.2, 0.25) is 0 Å². The summed E-state index contributed by atoms with van der Waals surface area (Å²) in [4.78, 5) is 5.42. The molecule has 0 fully saturated rings. The number of aliphatic hydroxyl groups excluding tert-OH is 1. The zero-order valence-corrected chi connectivity index (χ0v) is 9.68. The Morgan fingerprint density at radius 1 is 1.47 bits per heavy atom. The Balaban J connectivity index is 2.79. The zero-order valence-electron chi connectivity index (χ0n) is 9.68. The lowest BCUT2D eigenvalue weighted by molar-refractivity contribution is 0.152. The molecule has 1 aromatic rings. The maximum absolute atomic E-state index is 12.3. The summed E-state index contributed by atoms with van der Waals surface area (Å²) >= 11 is 0. The van der Waals surface area contributed by atoms with Crippen molar-refractivity contribution >= 4 is 5.82 Å². The first-order chi connectivity index (χ1) is 8.04. The van der Waals surface area contributed by atoms with E-state index in [1.54, 1.807) is 18.3 Å². The SMILES string of the molecule is CC(N)c1ccc(N(CCO)CC(F)F)nc1. The first-order valence-corrected chi connectivity index (χ1v) is 5.40. The predicted octanol–water partition coefficient (Wildman–Crippen LogP) is 1.17. The number of hydrogen-bond donors (Lipinski definition) is 2. The minimum Gasteiger partial charge on any atom is -0.395 e. The third-order valence-electron chi connectivity index (χ3n) is 2.35. The second kappa shape index (κ2) is 6.46. The van der Waals surface area contributed by atoms with Crippen LogP contribution in [0.25, 0.3) is 0 Å². The lowest BCUT2D eigenvalue weighted by Crippen LogP contribution is -2.32. The average molecular weight is 245 g/mol. The molecule has 1 unspecified atom stereocenters. The van der Waals surface area contributed by atoms with Gasteiger partial charge in [-0.05, 0) is 18.6 Å². The van der Waals surface area contributed by atoms with Crippen LogP contribution in [-0.4, -0.2) is 36.2 Å². The highest BCUT2D eigenvalue weighted by molar-refractivity contribution is 5.39. The van der Waals surface area contributed by atoms with Gasteiger partial charge in [0.25, 0.3) is 6.43 Å². The minimum atomic E-state index is -2.46. The molecule has 96 valence electrons. The van der Waals surface area contributed by atoms with Crippen molar-refractivity contribution in [2.75, 3.05) is 24.6 Å². The quantitative estimate of drug-likeness (QED) is 0.789. The minimum absolute atomic E-state index is 0.134. The maximum Gasteiger partial charge on any atom is 0.255 e. The molecule has 0 saturated carbocycles. The van der Waals surface area contributed by atoms with E-state index < -0.39 is 13.0 Å². The van der Waals surface area contributed by atoms with Crippen molar-refractivity contribution < 1.29 is 13.9 Å². The second-order valence-electron chi connectivity index (χ2n) is 3.80. The van der Waals surface area contributed by atoms with Crippen molar-refractivity contribution in [1.82, 2.24) is 4.98 Å². The summed E-state index contributed by atoms with van der Waals surface area (Å²) in [6.45, 7) is 1.32. The van der Waals surface area contributed by atoms with Crippen LogP contribution in [0.15, 0.2) is 18.3 Å². The van der Waals surface area contributed by atoms with E-state index in [1.807, 2.05) is 6.92 Å². The fraction of sp³-hybridized carbons (Fsp3) is 0.545. The molecule has 0 spiro atoms. The Morgan fingerprint density at radius 3 is 2.59 bits per heavy atom. The topological polar surface area (TPSA) is 62.4 Å². The Morgan fingerprint density at radius 2 is 2.18 bits per heavy atom. The van der Waals surface area contributed by atoms with Gasteiger partial charge in [0.15, 0.2) is 0 Å². The number of nitrogens with two attached hydrogens (primary N) is 1. The number of anilines is 1. The smallest absolute Gasteiger partial charge is 0.255 e. The zero-order chi connectivity index (χ0) is 12.8. The third kappa shape index (κ3) is 4.24. The summed E-state index contributed by atoms with van der Waals surface area (Å²) in [6, 6.07) is 3.25. The molecule has 1 heterocycles. The van der Waals surface area contributed by atoms with Crippen LogP contribution in [0, 0.1) is 0 Å². The van der Waals surface area contributed by atoms with Gasteiger partial charge < -0.3 is 15.7 Å². The number of alkyl halides is 2. The van der Waals surface area contributed by atoms with Crippen molar-refractivity contribution in [1.29, 1.82) is 0 Å². The maximum atomic E-state index is 12.3. The standard InChI is InChI=1S/C11H17F2N3O/c1-8(14)9-2-3-11(15-6-9)16(4-5-17)7-10(12)13/h2-3,6,8,10,17H,4-5,7,14H2,1H3. The molecule has 0 amide bonds. The summed E-state index contributed by atoms with van der Waals surface area (Å²) in [6.07, 6.45) is -0.896. The molecule has 0 aromatic carbocycles. The van der Waals surface area contributed by atoms with Crippen LogP contribution in [0.4, 0.5) is 14.6 Å². The van der Waals surface area contributed by atoms with Gasteiger partial charge in [-0.1, -0.05) is 6.07 Å². The van der Waals surface area contributed by atoms with Crippen LogP contribution >= 0.6 is 0 Å². The van der Waals surface area contributed by atoms with E-state index in [1.165, 1.54) is 4.90 Å². The second-order valence-corrected chi connectivity index (χ2v) is 3.80. The molecular weight excluding hydrogens is 228 g/mol. The predicted molar refractivity (Wildman–Crippen MR) is 62.1 cm³/mol. The number of aromatic nitrogens is 1. The van der Waals surface area contributed by atoms with Gasteiger partial charge in [0.05, 0.1) is 13.2 Å². The number of nitrogens with zero attached hydrogens (tertiary/aromatic N) is 2. The highest BCUT2D eigenvalue weighted by Crippen LogP contribution is 2.15. The van der Waals surface area contributed by atoms with Gasteiger partial charge in [-0.25, -0.2) is 13.8 Å². The highest BCUT2D eigenvalue weighted by atomic mass is 19.3. The molecule has 1 aromatic heterocycles. The molecule has 1 atom stereocenters. The summed E-state index contributed by atoms with van der Waals surface area (Å²) < 4.78 is 24.7. The fourth-order valence-electron chi connectivity index (χ4n) is 1.44. The monoisotopic (exact) mass is 245 g/mol. The van der Waals surface area contributed by atoms with Gasteiger partial charge in [0.1, 0.15) is 5.82 Å². The van der Waals surface area contributed by atoms with Gasteiger partial charge in [-0.2, -0.15) is 0 Å². The van der Waals surface area contributed by atoms with E-state index in [0.29, 0.717) is 5.82 Å². The molecule has 0 saturated heterocycles. The molecule has 0 radical (unpaired) electrons. The molecule has 0 bridgehead atoms. The molecule has 6 heteroatoms. The van der Waals surface area contributed by atoms with Crippen LogP contribution in [-0.2, 0) is 0 Å². The highest BCUT2D eigenvalue weighted by Gasteiger charge is 2.13. The summed E-state index contributed by atoms with van der Waals surface area (Å²) in [5.74, 6) is 0.420. The fourth-order valence-corrected chi connectivity index (χ4v) is 1.44. The van der Waals surface area contributed by atoms with E-state index in [0.717, 1.165) is 5.56 Å². The molecular formula is C11H17F2N3O. The molecule has 0 aliphatic heterocycles. The van der Waals surface area contributed by atoms with Gasteiger partial charge in [-0.15, -0.1) is 0 Å². The van der Waals surface area contributed by atoms with Crippen LogP contribution in [0.5, 0.6) is 0 Å². The number of halogens is 2. The van der Waals surface area contributed by atoms with E-state index in [9.17, 15) is 8.78 Å². The molecule has 3 N–H and O–H groups in total. The first-order valence-electron chi connectivity index (χ1n) is 5.40. The van der Waals surface area contributed by atoms with Crippen molar-refractivity contribution in [3.8, 4) is 0 Å². The Hall–Kier alpha value is -1.27. The number of aliphatic hydroxyl groups is 1. The normalized spacial score (nSPS) is 12.8. The molecule has 1 rings (SSSR count). The van der Waals surface area contributed by atoms with Crippen molar-refractivity contribution in [2.24, 2.45) is 5.73 Å². The lowest BCUT2D eigenvalue weighted by atomic mass is 10.1. The summed E-state index contributed by atoms with van der Waals surface area (Å²) in [5.41, 5.74) is 6.51.